The molecular formula is C7H5BrClNO2. The summed E-state index contributed by atoms with van der Waals surface area (Å²) in [6, 6.07) is 3.04. The maximum absolute atomic E-state index is 9.99. The highest BCUT2D eigenvalue weighted by Gasteiger charge is 2.04. The molecule has 5 heteroatoms. The molecule has 0 aliphatic rings. The average molecular weight is 250 g/mol. The SMILES string of the molecule is Nc1cc(Br)c(Cl)cc1OC=O. The molecule has 0 radical (unpaired) electrons. The summed E-state index contributed by atoms with van der Waals surface area (Å²) in [5, 5.41) is 0.445. The van der Waals surface area contributed by atoms with E-state index in [1.807, 2.05) is 0 Å². The van der Waals surface area contributed by atoms with Crippen LogP contribution in [0.3, 0.4) is 0 Å². The predicted octanol–water partition coefficient (Wildman–Crippen LogP) is 2.22. The molecule has 0 spiro atoms. The number of anilines is 1. The summed E-state index contributed by atoms with van der Waals surface area (Å²) in [6.07, 6.45) is 0. The van der Waals surface area contributed by atoms with Gasteiger partial charge in [-0.05, 0) is 22.0 Å². The number of rotatable bonds is 2. The molecular weight excluding hydrogens is 245 g/mol. The average Bonchev–Trinajstić information content (AvgIpc) is 2.01. The van der Waals surface area contributed by atoms with Gasteiger partial charge in [-0.15, -0.1) is 0 Å². The van der Waals surface area contributed by atoms with Crippen LogP contribution in [-0.2, 0) is 4.79 Å². The van der Waals surface area contributed by atoms with Gasteiger partial charge in [-0.25, -0.2) is 0 Å². The van der Waals surface area contributed by atoms with Crippen molar-refractivity contribution in [2.75, 3.05) is 5.73 Å². The van der Waals surface area contributed by atoms with Gasteiger partial charge in [0, 0.05) is 10.5 Å². The van der Waals surface area contributed by atoms with Crippen LogP contribution in [0.5, 0.6) is 5.75 Å². The molecule has 0 atom stereocenters. The Labute approximate surface area is 82.6 Å². The van der Waals surface area contributed by atoms with Crippen LogP contribution < -0.4 is 10.5 Å². The van der Waals surface area contributed by atoms with Gasteiger partial charge in [0.05, 0.1) is 10.7 Å². The Morgan fingerprint density at radius 2 is 2.25 bits per heavy atom. The smallest absolute Gasteiger partial charge is 0.298 e. The van der Waals surface area contributed by atoms with E-state index in [2.05, 4.69) is 20.7 Å². The predicted molar refractivity (Wildman–Crippen MR) is 50.3 cm³/mol. The van der Waals surface area contributed by atoms with Gasteiger partial charge in [0.25, 0.3) is 6.47 Å². The van der Waals surface area contributed by atoms with E-state index >= 15 is 0 Å². The molecule has 0 aliphatic carbocycles. The van der Waals surface area contributed by atoms with Gasteiger partial charge in [-0.3, -0.25) is 4.79 Å². The Kier molecular flexibility index (Phi) is 2.94. The van der Waals surface area contributed by atoms with E-state index in [0.717, 1.165) is 0 Å². The lowest BCUT2D eigenvalue weighted by molar-refractivity contribution is -0.120. The topological polar surface area (TPSA) is 52.3 Å². The summed E-state index contributed by atoms with van der Waals surface area (Å²) in [4.78, 5) is 9.99. The first-order chi connectivity index (χ1) is 5.65. The van der Waals surface area contributed by atoms with Gasteiger partial charge >= 0.3 is 0 Å². The quantitative estimate of drug-likeness (QED) is 0.647. The second-order valence-corrected chi connectivity index (χ2v) is 3.28. The molecule has 0 bridgehead atoms. The zero-order chi connectivity index (χ0) is 9.14. The Balaban J connectivity index is 3.13. The fourth-order valence-electron chi connectivity index (χ4n) is 0.698. The highest BCUT2D eigenvalue weighted by atomic mass is 79.9. The van der Waals surface area contributed by atoms with Crippen molar-refractivity contribution in [3.8, 4) is 5.75 Å². The molecule has 0 heterocycles. The molecule has 1 aromatic rings. The standard InChI is InChI=1S/C7H5BrClNO2/c8-4-1-6(10)7(12-3-11)2-5(4)9/h1-3H,10H2. The summed E-state index contributed by atoms with van der Waals surface area (Å²) in [6.45, 7) is 0.302. The Morgan fingerprint density at radius 3 is 2.83 bits per heavy atom. The second kappa shape index (κ2) is 3.78. The fourth-order valence-corrected chi connectivity index (χ4v) is 1.21. The van der Waals surface area contributed by atoms with Crippen molar-refractivity contribution in [3.63, 3.8) is 0 Å². The van der Waals surface area contributed by atoms with Gasteiger partial charge < -0.3 is 10.5 Å². The van der Waals surface area contributed by atoms with Crippen LogP contribution in [0.4, 0.5) is 5.69 Å². The summed E-state index contributed by atoms with van der Waals surface area (Å²) >= 11 is 8.90. The third-order valence-electron chi connectivity index (χ3n) is 1.23. The molecule has 0 fully saturated rings. The van der Waals surface area contributed by atoms with Gasteiger partial charge in [0.2, 0.25) is 0 Å². The summed E-state index contributed by atoms with van der Waals surface area (Å²) in [5.41, 5.74) is 5.86. The van der Waals surface area contributed by atoms with Crippen molar-refractivity contribution in [3.05, 3.63) is 21.6 Å². The molecule has 0 saturated carbocycles. The van der Waals surface area contributed by atoms with Crippen molar-refractivity contribution in [2.24, 2.45) is 0 Å². The molecule has 0 unspecified atom stereocenters. The van der Waals surface area contributed by atoms with E-state index in [1.165, 1.54) is 6.07 Å². The second-order valence-electron chi connectivity index (χ2n) is 2.02. The third-order valence-corrected chi connectivity index (χ3v) is 2.42. The lowest BCUT2D eigenvalue weighted by atomic mass is 10.3. The molecule has 3 nitrogen and oxygen atoms in total. The van der Waals surface area contributed by atoms with Crippen molar-refractivity contribution in [1.29, 1.82) is 0 Å². The number of carbonyl (C=O) groups excluding carboxylic acids is 1. The molecule has 64 valence electrons. The van der Waals surface area contributed by atoms with E-state index in [-0.39, 0.29) is 5.75 Å². The zero-order valence-corrected chi connectivity index (χ0v) is 8.22. The van der Waals surface area contributed by atoms with Gasteiger partial charge in [0.15, 0.2) is 5.75 Å². The van der Waals surface area contributed by atoms with E-state index in [0.29, 0.717) is 21.7 Å². The first-order valence-corrected chi connectivity index (χ1v) is 4.17. The van der Waals surface area contributed by atoms with Crippen LogP contribution in [0.15, 0.2) is 16.6 Å². The number of carbonyl (C=O) groups is 1. The maximum atomic E-state index is 9.99. The first kappa shape index (κ1) is 9.35. The Hall–Kier alpha value is -0.740. The van der Waals surface area contributed by atoms with Crippen molar-refractivity contribution in [2.45, 2.75) is 0 Å². The van der Waals surface area contributed by atoms with Crippen molar-refractivity contribution in [1.82, 2.24) is 0 Å². The summed E-state index contributed by atoms with van der Waals surface area (Å²) in [5.74, 6) is 0.262. The van der Waals surface area contributed by atoms with Crippen LogP contribution >= 0.6 is 27.5 Å². The number of hydrogen-bond acceptors (Lipinski definition) is 3. The number of nitrogen functional groups attached to an aromatic ring is 1. The molecule has 1 rings (SSSR count). The fraction of sp³-hybridized carbons (Fsp3) is 0. The van der Waals surface area contributed by atoms with Crippen LogP contribution in [0, 0.1) is 0 Å². The molecule has 0 amide bonds. The van der Waals surface area contributed by atoms with Gasteiger partial charge in [0.1, 0.15) is 0 Å². The number of benzene rings is 1. The minimum absolute atomic E-state index is 0.262. The number of halogens is 2. The van der Waals surface area contributed by atoms with Crippen LogP contribution in [0.25, 0.3) is 0 Å². The van der Waals surface area contributed by atoms with E-state index in [1.54, 1.807) is 6.07 Å². The number of hydrogen-bond donors (Lipinski definition) is 1. The minimum Gasteiger partial charge on any atom is -0.426 e. The lowest BCUT2D eigenvalue weighted by Crippen LogP contribution is -1.95. The van der Waals surface area contributed by atoms with E-state index < -0.39 is 0 Å². The molecule has 0 saturated heterocycles. The molecule has 0 aliphatic heterocycles. The number of ether oxygens (including phenoxy) is 1. The molecule has 2 N–H and O–H groups in total. The lowest BCUT2D eigenvalue weighted by Gasteiger charge is -2.03. The monoisotopic (exact) mass is 249 g/mol. The molecule has 1 aromatic carbocycles. The van der Waals surface area contributed by atoms with E-state index in [9.17, 15) is 4.79 Å². The zero-order valence-electron chi connectivity index (χ0n) is 5.88. The normalized spacial score (nSPS) is 9.50. The van der Waals surface area contributed by atoms with E-state index in [4.69, 9.17) is 17.3 Å². The van der Waals surface area contributed by atoms with Gasteiger partial charge in [-0.1, -0.05) is 11.6 Å². The minimum atomic E-state index is 0.262. The highest BCUT2D eigenvalue weighted by Crippen LogP contribution is 2.32. The number of nitrogens with two attached hydrogens (primary N) is 1. The maximum Gasteiger partial charge on any atom is 0.298 e. The Morgan fingerprint density at radius 1 is 1.58 bits per heavy atom. The summed E-state index contributed by atoms with van der Waals surface area (Å²) < 4.78 is 5.23. The largest absolute Gasteiger partial charge is 0.426 e. The molecule has 12 heavy (non-hydrogen) atoms. The van der Waals surface area contributed by atoms with Crippen molar-refractivity contribution < 1.29 is 9.53 Å². The van der Waals surface area contributed by atoms with Crippen LogP contribution in [-0.4, -0.2) is 6.47 Å². The highest BCUT2D eigenvalue weighted by molar-refractivity contribution is 9.10. The van der Waals surface area contributed by atoms with Crippen LogP contribution in [0.1, 0.15) is 0 Å². The third kappa shape index (κ3) is 1.89. The Bertz CT molecular complexity index is 317. The summed E-state index contributed by atoms with van der Waals surface area (Å²) in [7, 11) is 0. The first-order valence-electron chi connectivity index (χ1n) is 3.00. The van der Waals surface area contributed by atoms with Gasteiger partial charge in [-0.2, -0.15) is 0 Å². The van der Waals surface area contributed by atoms with Crippen molar-refractivity contribution >= 4 is 39.7 Å². The molecule has 0 aromatic heterocycles. The van der Waals surface area contributed by atoms with Crippen LogP contribution in [0.2, 0.25) is 5.02 Å².